The standard InChI is InChI=1S/C26H24FN3O3/c1-17-13-29(16-28-17)23-10-3-18(12-25(23)32-2)11-20-6-9-22-14-33-15-24(30(22)26(20)31)19-4-7-21(27)8-5-19/h3-5,7-8,10-14,16,24H,6,9,15H2,1-2H3/t24-/m0/s1. The van der Waals surface area contributed by atoms with Gasteiger partial charge in [0.15, 0.2) is 0 Å². The first-order chi connectivity index (χ1) is 16.0. The molecule has 2 aliphatic heterocycles. The van der Waals surface area contributed by atoms with Gasteiger partial charge < -0.3 is 14.0 Å². The minimum absolute atomic E-state index is 0.0570. The third-order valence-electron chi connectivity index (χ3n) is 6.03. The maximum absolute atomic E-state index is 13.5. The van der Waals surface area contributed by atoms with Gasteiger partial charge in [0.2, 0.25) is 0 Å². The summed E-state index contributed by atoms with van der Waals surface area (Å²) < 4.78 is 26.6. The first kappa shape index (κ1) is 21.0. The van der Waals surface area contributed by atoms with Crippen molar-refractivity contribution in [1.29, 1.82) is 0 Å². The summed E-state index contributed by atoms with van der Waals surface area (Å²) in [6.45, 7) is 2.27. The van der Waals surface area contributed by atoms with Crippen LogP contribution in [0, 0.1) is 12.7 Å². The van der Waals surface area contributed by atoms with E-state index >= 15 is 0 Å². The van der Waals surface area contributed by atoms with Crippen LogP contribution in [0.1, 0.15) is 35.7 Å². The number of hydrogen-bond donors (Lipinski definition) is 0. The van der Waals surface area contributed by atoms with E-state index in [0.717, 1.165) is 33.8 Å². The number of ether oxygens (including phenoxy) is 2. The molecule has 0 radical (unpaired) electrons. The predicted octanol–water partition coefficient (Wildman–Crippen LogP) is 4.95. The molecule has 5 rings (SSSR count). The van der Waals surface area contributed by atoms with Gasteiger partial charge in [0, 0.05) is 11.8 Å². The van der Waals surface area contributed by atoms with E-state index < -0.39 is 0 Å². The van der Waals surface area contributed by atoms with E-state index in [4.69, 9.17) is 9.47 Å². The first-order valence-electron chi connectivity index (χ1n) is 10.8. The molecule has 1 fully saturated rings. The summed E-state index contributed by atoms with van der Waals surface area (Å²) in [6, 6.07) is 11.8. The molecule has 0 spiro atoms. The normalized spacial score (nSPS) is 19.2. The summed E-state index contributed by atoms with van der Waals surface area (Å²) in [5.74, 6) is 0.333. The molecule has 2 aliphatic rings. The van der Waals surface area contributed by atoms with Crippen molar-refractivity contribution in [3.05, 3.63) is 95.2 Å². The summed E-state index contributed by atoms with van der Waals surface area (Å²) in [5.41, 5.74) is 5.09. The van der Waals surface area contributed by atoms with Gasteiger partial charge in [0.25, 0.3) is 5.91 Å². The molecule has 33 heavy (non-hydrogen) atoms. The highest BCUT2D eigenvalue weighted by Crippen LogP contribution is 2.38. The van der Waals surface area contributed by atoms with Crippen molar-refractivity contribution >= 4 is 12.0 Å². The van der Waals surface area contributed by atoms with Gasteiger partial charge in [0.1, 0.15) is 24.4 Å². The zero-order valence-electron chi connectivity index (χ0n) is 18.5. The number of nitrogens with zero attached hydrogens (tertiary/aromatic N) is 3. The molecule has 6 nitrogen and oxygen atoms in total. The van der Waals surface area contributed by atoms with Gasteiger partial charge in [-0.25, -0.2) is 9.37 Å². The van der Waals surface area contributed by atoms with E-state index in [-0.39, 0.29) is 17.8 Å². The van der Waals surface area contributed by atoms with Crippen LogP contribution in [0.25, 0.3) is 11.8 Å². The third kappa shape index (κ3) is 4.02. The Kier molecular flexibility index (Phi) is 5.46. The molecule has 0 N–H and O–H groups in total. The van der Waals surface area contributed by atoms with Gasteiger partial charge in [-0.15, -0.1) is 0 Å². The zero-order valence-corrected chi connectivity index (χ0v) is 18.5. The Labute approximate surface area is 191 Å². The highest BCUT2D eigenvalue weighted by atomic mass is 19.1. The van der Waals surface area contributed by atoms with Crippen LogP contribution >= 0.6 is 0 Å². The number of carbonyl (C=O) groups excluding carboxylic acids is 1. The summed E-state index contributed by atoms with van der Waals surface area (Å²) in [6.07, 6.45) is 8.58. The van der Waals surface area contributed by atoms with Gasteiger partial charge in [0.05, 0.1) is 36.6 Å². The average Bonchev–Trinajstić information content (AvgIpc) is 3.27. The Morgan fingerprint density at radius 2 is 2.00 bits per heavy atom. The molecule has 1 aromatic heterocycles. The lowest BCUT2D eigenvalue weighted by Gasteiger charge is -2.40. The molecule has 0 unspecified atom stereocenters. The number of amides is 1. The number of hydrogen-bond acceptors (Lipinski definition) is 4. The lowest BCUT2D eigenvalue weighted by molar-refractivity contribution is -0.130. The Hall–Kier alpha value is -3.87. The van der Waals surface area contributed by atoms with Gasteiger partial charge >= 0.3 is 0 Å². The maximum atomic E-state index is 13.5. The topological polar surface area (TPSA) is 56.6 Å². The average molecular weight is 445 g/mol. The second kappa shape index (κ2) is 8.58. The molecule has 0 saturated carbocycles. The summed E-state index contributed by atoms with van der Waals surface area (Å²) >= 11 is 0. The highest BCUT2D eigenvalue weighted by molar-refractivity contribution is 6.00. The van der Waals surface area contributed by atoms with Crippen molar-refractivity contribution in [2.24, 2.45) is 0 Å². The second-order valence-electron chi connectivity index (χ2n) is 8.21. The quantitative estimate of drug-likeness (QED) is 0.534. The van der Waals surface area contributed by atoms with Crippen LogP contribution in [0.5, 0.6) is 5.75 Å². The third-order valence-corrected chi connectivity index (χ3v) is 6.03. The number of benzene rings is 2. The van der Waals surface area contributed by atoms with Crippen LogP contribution in [0.2, 0.25) is 0 Å². The Bertz CT molecular complexity index is 1260. The number of carbonyl (C=O) groups is 1. The largest absolute Gasteiger partial charge is 0.497 e. The molecule has 1 atom stereocenters. The number of rotatable bonds is 4. The highest BCUT2D eigenvalue weighted by Gasteiger charge is 2.36. The van der Waals surface area contributed by atoms with Crippen LogP contribution < -0.4 is 4.74 Å². The minimum atomic E-state index is -0.306. The number of aryl methyl sites for hydroxylation is 1. The fourth-order valence-corrected chi connectivity index (χ4v) is 4.36. The van der Waals surface area contributed by atoms with E-state index in [2.05, 4.69) is 4.98 Å². The van der Waals surface area contributed by atoms with Crippen LogP contribution in [-0.4, -0.2) is 34.1 Å². The van der Waals surface area contributed by atoms with Crippen LogP contribution in [-0.2, 0) is 9.53 Å². The van der Waals surface area contributed by atoms with Crippen LogP contribution in [0.15, 0.2) is 72.5 Å². The molecule has 3 aromatic rings. The molecule has 0 bridgehead atoms. The van der Waals surface area contributed by atoms with Crippen LogP contribution in [0.3, 0.4) is 0 Å². The van der Waals surface area contributed by atoms with E-state index in [1.54, 1.807) is 36.7 Å². The van der Waals surface area contributed by atoms with E-state index in [9.17, 15) is 9.18 Å². The number of methoxy groups -OCH3 is 1. The summed E-state index contributed by atoms with van der Waals surface area (Å²) in [4.78, 5) is 19.6. The molecule has 2 aromatic carbocycles. The van der Waals surface area contributed by atoms with Gasteiger partial charge in [-0.2, -0.15) is 0 Å². The fourth-order valence-electron chi connectivity index (χ4n) is 4.36. The van der Waals surface area contributed by atoms with Gasteiger partial charge in [-0.3, -0.25) is 9.69 Å². The number of fused-ring (bicyclic) bond motifs is 1. The summed E-state index contributed by atoms with van der Waals surface area (Å²) in [5, 5.41) is 0. The van der Waals surface area contributed by atoms with Crippen molar-refractivity contribution in [2.75, 3.05) is 13.7 Å². The minimum Gasteiger partial charge on any atom is -0.497 e. The van der Waals surface area contributed by atoms with E-state index in [0.29, 0.717) is 25.2 Å². The molecule has 1 saturated heterocycles. The maximum Gasteiger partial charge on any atom is 0.254 e. The fraction of sp³-hybridized carbons (Fsp3) is 0.231. The summed E-state index contributed by atoms with van der Waals surface area (Å²) in [7, 11) is 1.63. The molecule has 0 aliphatic carbocycles. The molecule has 7 heteroatoms. The zero-order chi connectivity index (χ0) is 22.9. The second-order valence-corrected chi connectivity index (χ2v) is 8.21. The smallest absolute Gasteiger partial charge is 0.254 e. The van der Waals surface area contributed by atoms with E-state index in [1.807, 2.05) is 42.0 Å². The molecular formula is C26H24FN3O3. The molecule has 168 valence electrons. The molecular weight excluding hydrogens is 421 g/mol. The number of piperidine rings is 1. The molecule has 1 amide bonds. The van der Waals surface area contributed by atoms with Crippen molar-refractivity contribution < 1.29 is 18.7 Å². The van der Waals surface area contributed by atoms with Crippen molar-refractivity contribution in [1.82, 2.24) is 14.5 Å². The SMILES string of the molecule is COc1cc(C=C2CCC3=COC[C@@H](c4ccc(F)cc4)N3C2=O)ccc1-n1cnc(C)c1. The van der Waals surface area contributed by atoms with Gasteiger partial charge in [-0.1, -0.05) is 18.2 Å². The Morgan fingerprint density at radius 3 is 2.73 bits per heavy atom. The number of imidazole rings is 1. The predicted molar refractivity (Wildman–Crippen MR) is 122 cm³/mol. The Balaban J connectivity index is 1.46. The van der Waals surface area contributed by atoms with Gasteiger partial charge in [-0.05, 0) is 61.2 Å². The number of halogens is 1. The van der Waals surface area contributed by atoms with E-state index in [1.165, 1.54) is 12.1 Å². The Morgan fingerprint density at radius 1 is 1.18 bits per heavy atom. The number of aromatic nitrogens is 2. The molecule has 3 heterocycles. The van der Waals surface area contributed by atoms with Crippen molar-refractivity contribution in [2.45, 2.75) is 25.8 Å². The van der Waals surface area contributed by atoms with Crippen LogP contribution in [0.4, 0.5) is 4.39 Å². The van der Waals surface area contributed by atoms with Crippen molar-refractivity contribution in [3.8, 4) is 11.4 Å². The number of allylic oxidation sites excluding steroid dienone is 1. The monoisotopic (exact) mass is 445 g/mol. The van der Waals surface area contributed by atoms with Crippen molar-refractivity contribution in [3.63, 3.8) is 0 Å². The lowest BCUT2D eigenvalue weighted by atomic mass is 9.94. The lowest BCUT2D eigenvalue weighted by Crippen LogP contribution is -2.42. The first-order valence-corrected chi connectivity index (χ1v) is 10.8.